The maximum absolute atomic E-state index is 12.1. The molecule has 0 spiro atoms. The minimum atomic E-state index is -0.668. The van der Waals surface area contributed by atoms with Gasteiger partial charge < -0.3 is 14.5 Å². The average molecular weight is 485 g/mol. The Balaban J connectivity index is 1.51. The zero-order chi connectivity index (χ0) is 20.1. The predicted molar refractivity (Wildman–Crippen MR) is 106 cm³/mol. The Morgan fingerprint density at radius 3 is 2.68 bits per heavy atom. The first-order chi connectivity index (χ1) is 13.4. The van der Waals surface area contributed by atoms with E-state index in [1.54, 1.807) is 0 Å². The van der Waals surface area contributed by atoms with Gasteiger partial charge in [-0.1, -0.05) is 35.3 Å². The number of hydrogen-bond donors (Lipinski definition) is 1. The molecular weight excluding hydrogens is 473 g/mol. The summed E-state index contributed by atoms with van der Waals surface area (Å²) in [6.07, 6.45) is 0. The third-order valence-corrected chi connectivity index (χ3v) is 4.74. The van der Waals surface area contributed by atoms with Crippen molar-refractivity contribution in [2.24, 2.45) is 0 Å². The number of nitrogens with one attached hydrogen (secondary N) is 1. The number of carbonyl (C=O) groups is 2. The van der Waals surface area contributed by atoms with Gasteiger partial charge in [0.15, 0.2) is 6.61 Å². The molecule has 7 nitrogen and oxygen atoms in total. The van der Waals surface area contributed by atoms with E-state index >= 15 is 0 Å². The van der Waals surface area contributed by atoms with Gasteiger partial charge in [-0.3, -0.25) is 9.59 Å². The van der Waals surface area contributed by atoms with Gasteiger partial charge in [-0.2, -0.15) is 0 Å². The molecule has 0 atom stereocenters. The number of amides is 1. The molecule has 0 aliphatic rings. The summed E-state index contributed by atoms with van der Waals surface area (Å²) in [6.45, 7) is -0.559. The minimum Gasteiger partial charge on any atom is -0.454 e. The number of rotatable bonds is 6. The number of halogens is 3. The molecule has 1 heterocycles. The molecule has 0 saturated carbocycles. The molecule has 3 aromatic rings. The van der Waals surface area contributed by atoms with Gasteiger partial charge in [0.25, 0.3) is 11.8 Å². The normalized spacial score (nSPS) is 10.5. The number of benzene rings is 2. The maximum atomic E-state index is 12.1. The van der Waals surface area contributed by atoms with Gasteiger partial charge in [-0.15, -0.1) is 10.2 Å². The first kappa shape index (κ1) is 20.3. The molecule has 2 aromatic carbocycles. The fourth-order valence-electron chi connectivity index (χ4n) is 2.17. The molecule has 28 heavy (non-hydrogen) atoms. The zero-order valence-corrected chi connectivity index (χ0v) is 17.2. The fourth-order valence-corrected chi connectivity index (χ4v) is 3.12. The van der Waals surface area contributed by atoms with Gasteiger partial charge in [0.05, 0.1) is 16.1 Å². The zero-order valence-electron chi connectivity index (χ0n) is 14.1. The first-order valence-corrected chi connectivity index (χ1v) is 9.45. The number of nitrogens with zero attached hydrogens (tertiary/aromatic N) is 2. The Hall–Kier alpha value is -2.42. The van der Waals surface area contributed by atoms with Crippen LogP contribution in [0.5, 0.6) is 0 Å². The molecule has 1 N–H and O–H groups in total. The topological polar surface area (TPSA) is 94.3 Å². The van der Waals surface area contributed by atoms with E-state index in [-0.39, 0.29) is 29.6 Å². The van der Waals surface area contributed by atoms with Crippen molar-refractivity contribution in [3.8, 4) is 11.5 Å². The molecule has 0 aliphatic carbocycles. The van der Waals surface area contributed by atoms with E-state index in [0.29, 0.717) is 10.9 Å². The Bertz CT molecular complexity index is 1030. The minimum absolute atomic E-state index is 0.131. The lowest BCUT2D eigenvalue weighted by atomic mass is 10.2. The Morgan fingerprint density at radius 1 is 1.14 bits per heavy atom. The molecule has 0 fully saturated rings. The third kappa shape index (κ3) is 5.09. The van der Waals surface area contributed by atoms with Crippen LogP contribution in [0.2, 0.25) is 10.0 Å². The number of hydrogen-bond acceptors (Lipinski definition) is 6. The van der Waals surface area contributed by atoms with Crippen molar-refractivity contribution in [1.82, 2.24) is 15.5 Å². The van der Waals surface area contributed by atoms with Crippen LogP contribution in [0, 0.1) is 0 Å². The monoisotopic (exact) mass is 483 g/mol. The van der Waals surface area contributed by atoms with Crippen molar-refractivity contribution >= 4 is 51.0 Å². The molecule has 10 heteroatoms. The first-order valence-electron chi connectivity index (χ1n) is 7.90. The van der Waals surface area contributed by atoms with E-state index < -0.39 is 11.9 Å². The standard InChI is InChI=1S/C18H12BrCl2N3O4/c19-13-4-2-1-3-11(13)18-24-23-15(28-18)9-27-16(25)8-22-17(26)12-6-5-10(20)7-14(12)21/h1-7H,8-9H2,(H,22,26). The van der Waals surface area contributed by atoms with Crippen molar-refractivity contribution in [2.75, 3.05) is 6.54 Å². The molecule has 0 saturated heterocycles. The van der Waals surface area contributed by atoms with Crippen molar-refractivity contribution in [2.45, 2.75) is 6.61 Å². The quantitative estimate of drug-likeness (QED) is 0.525. The number of ether oxygens (including phenoxy) is 1. The van der Waals surface area contributed by atoms with Crippen LogP contribution in [0.1, 0.15) is 16.2 Å². The summed E-state index contributed by atoms with van der Waals surface area (Å²) < 4.78 is 11.3. The van der Waals surface area contributed by atoms with Crippen LogP contribution in [0.15, 0.2) is 51.4 Å². The number of aromatic nitrogens is 2. The van der Waals surface area contributed by atoms with E-state index in [1.807, 2.05) is 24.3 Å². The van der Waals surface area contributed by atoms with Crippen LogP contribution in [0.25, 0.3) is 11.5 Å². The molecule has 3 rings (SSSR count). The van der Waals surface area contributed by atoms with E-state index in [4.69, 9.17) is 32.4 Å². The second-order valence-electron chi connectivity index (χ2n) is 5.45. The average Bonchev–Trinajstić information content (AvgIpc) is 3.13. The summed E-state index contributed by atoms with van der Waals surface area (Å²) in [6, 6.07) is 11.8. The van der Waals surface area contributed by atoms with Crippen molar-refractivity contribution in [1.29, 1.82) is 0 Å². The summed E-state index contributed by atoms with van der Waals surface area (Å²) in [7, 11) is 0. The molecule has 1 amide bonds. The fraction of sp³-hybridized carbons (Fsp3) is 0.111. The lowest BCUT2D eigenvalue weighted by Gasteiger charge is -2.06. The van der Waals surface area contributed by atoms with Crippen molar-refractivity contribution in [3.63, 3.8) is 0 Å². The highest BCUT2D eigenvalue weighted by Crippen LogP contribution is 2.26. The van der Waals surface area contributed by atoms with Crippen molar-refractivity contribution < 1.29 is 18.7 Å². The van der Waals surface area contributed by atoms with Crippen LogP contribution in [-0.2, 0) is 16.1 Å². The number of carbonyl (C=O) groups excluding carboxylic acids is 2. The van der Waals surface area contributed by atoms with Gasteiger partial charge in [0.1, 0.15) is 6.54 Å². The highest BCUT2D eigenvalue weighted by Gasteiger charge is 2.15. The number of esters is 1. The second-order valence-corrected chi connectivity index (χ2v) is 7.15. The predicted octanol–water partition coefficient (Wildman–Crippen LogP) is 4.28. The van der Waals surface area contributed by atoms with Crippen LogP contribution in [0.3, 0.4) is 0 Å². The van der Waals surface area contributed by atoms with E-state index in [0.717, 1.165) is 10.0 Å². The van der Waals surface area contributed by atoms with Crippen LogP contribution < -0.4 is 5.32 Å². The third-order valence-electron chi connectivity index (χ3n) is 3.50. The summed E-state index contributed by atoms with van der Waals surface area (Å²) in [4.78, 5) is 23.9. The van der Waals surface area contributed by atoms with Gasteiger partial charge in [0.2, 0.25) is 5.89 Å². The molecule has 1 aromatic heterocycles. The SMILES string of the molecule is O=C(CNC(=O)c1ccc(Cl)cc1Cl)OCc1nnc(-c2ccccc2Br)o1. The van der Waals surface area contributed by atoms with Crippen molar-refractivity contribution in [3.05, 3.63) is 68.4 Å². The summed E-state index contributed by atoms with van der Waals surface area (Å²) in [5, 5.41) is 10.8. The van der Waals surface area contributed by atoms with Gasteiger partial charge in [-0.25, -0.2) is 0 Å². The highest BCUT2D eigenvalue weighted by molar-refractivity contribution is 9.10. The molecular formula is C18H12BrCl2N3O4. The van der Waals surface area contributed by atoms with E-state index in [2.05, 4.69) is 31.4 Å². The summed E-state index contributed by atoms with van der Waals surface area (Å²) >= 11 is 15.1. The second kappa shape index (κ2) is 9.18. The molecule has 0 radical (unpaired) electrons. The highest BCUT2D eigenvalue weighted by atomic mass is 79.9. The molecule has 144 valence electrons. The summed E-state index contributed by atoms with van der Waals surface area (Å²) in [5.41, 5.74) is 0.925. The summed E-state index contributed by atoms with van der Waals surface area (Å²) in [5.74, 6) is -0.762. The molecule has 0 aliphatic heterocycles. The van der Waals surface area contributed by atoms with Crippen LogP contribution >= 0.6 is 39.1 Å². The Morgan fingerprint density at radius 2 is 1.93 bits per heavy atom. The lowest BCUT2D eigenvalue weighted by molar-refractivity contribution is -0.144. The van der Waals surface area contributed by atoms with Crippen LogP contribution in [-0.4, -0.2) is 28.6 Å². The smallest absolute Gasteiger partial charge is 0.325 e. The van der Waals surface area contributed by atoms with Crippen LogP contribution in [0.4, 0.5) is 0 Å². The lowest BCUT2D eigenvalue weighted by Crippen LogP contribution is -2.30. The van der Waals surface area contributed by atoms with Gasteiger partial charge in [-0.05, 0) is 46.3 Å². The largest absolute Gasteiger partial charge is 0.454 e. The molecule has 0 bridgehead atoms. The van der Waals surface area contributed by atoms with E-state index in [1.165, 1.54) is 18.2 Å². The van der Waals surface area contributed by atoms with Gasteiger partial charge >= 0.3 is 5.97 Å². The van der Waals surface area contributed by atoms with E-state index in [9.17, 15) is 9.59 Å². The van der Waals surface area contributed by atoms with Gasteiger partial charge in [0, 0.05) is 9.50 Å². The maximum Gasteiger partial charge on any atom is 0.325 e. The Labute approximate surface area is 178 Å². The Kier molecular flexibility index (Phi) is 6.66. The molecule has 0 unspecified atom stereocenters.